The average molecular weight is 450 g/mol. The van der Waals surface area contributed by atoms with E-state index < -0.39 is 0 Å². The highest BCUT2D eigenvalue weighted by Crippen LogP contribution is 2.34. The minimum atomic E-state index is 0.330. The summed E-state index contributed by atoms with van der Waals surface area (Å²) in [5.41, 5.74) is 9.92. The van der Waals surface area contributed by atoms with E-state index in [4.69, 9.17) is 5.73 Å². The van der Waals surface area contributed by atoms with E-state index in [1.807, 2.05) is 49.5 Å². The van der Waals surface area contributed by atoms with Crippen LogP contribution in [0.15, 0.2) is 53.3 Å². The molecule has 0 bridgehead atoms. The Morgan fingerprint density at radius 1 is 1.00 bits per heavy atom. The van der Waals surface area contributed by atoms with Gasteiger partial charge in [0.15, 0.2) is 11.5 Å². The Kier molecular flexibility index (Phi) is 5.10. The lowest BCUT2D eigenvalue weighted by Crippen LogP contribution is -2.26. The Labute approximate surface area is 177 Å². The third-order valence-electron chi connectivity index (χ3n) is 4.82. The van der Waals surface area contributed by atoms with Crippen LogP contribution < -0.4 is 10.6 Å². The molecule has 0 aliphatic heterocycles. The topological polar surface area (TPSA) is 93.7 Å². The lowest BCUT2D eigenvalue weighted by Gasteiger charge is -2.21. The van der Waals surface area contributed by atoms with Crippen LogP contribution in [0.4, 0.5) is 11.6 Å². The minimum absolute atomic E-state index is 0.330. The van der Waals surface area contributed by atoms with Gasteiger partial charge in [0.1, 0.15) is 17.8 Å². The molecule has 0 aliphatic carbocycles. The van der Waals surface area contributed by atoms with Gasteiger partial charge in [0.25, 0.3) is 0 Å². The molecule has 2 N–H and O–H groups in total. The van der Waals surface area contributed by atoms with E-state index in [0.717, 1.165) is 26.8 Å². The maximum absolute atomic E-state index is 6.17. The number of rotatable bonds is 4. The second kappa shape index (κ2) is 7.71. The van der Waals surface area contributed by atoms with Crippen molar-refractivity contribution in [1.29, 1.82) is 0 Å². The average Bonchev–Trinajstić information content (AvgIpc) is 2.72. The number of fused-ring (bicyclic) bond motifs is 1. The number of hydrogen-bond acceptors (Lipinski definition) is 7. The first-order valence-corrected chi connectivity index (χ1v) is 9.97. The lowest BCUT2D eigenvalue weighted by atomic mass is 10.0. The van der Waals surface area contributed by atoms with Gasteiger partial charge < -0.3 is 10.6 Å². The third kappa shape index (κ3) is 3.75. The molecule has 3 aromatic heterocycles. The highest BCUT2D eigenvalue weighted by molar-refractivity contribution is 9.10. The van der Waals surface area contributed by atoms with Crippen molar-refractivity contribution in [1.82, 2.24) is 25.1 Å². The first kappa shape index (κ1) is 19.2. The number of aromatic nitrogens is 5. The largest absolute Gasteiger partial charge is 0.383 e. The number of anilines is 2. The van der Waals surface area contributed by atoms with Crippen LogP contribution in [0.3, 0.4) is 0 Å². The van der Waals surface area contributed by atoms with Crippen molar-refractivity contribution in [3.63, 3.8) is 0 Å². The standard InChI is InChI=1S/C21H20BrN7/c1-12(2)29(3)18-8-7-16(27-28-18)17-10-15(13-5-4-6-14(22)9-13)19-20(23)24-11-25-21(19)26-17/h4-12H,1-3H3,(H2,23,24,25,26). The molecule has 7 nitrogen and oxygen atoms in total. The summed E-state index contributed by atoms with van der Waals surface area (Å²) in [4.78, 5) is 15.2. The molecule has 1 aromatic carbocycles. The number of nitrogens with zero attached hydrogens (tertiary/aromatic N) is 6. The lowest BCUT2D eigenvalue weighted by molar-refractivity contribution is 0.734. The van der Waals surface area contributed by atoms with Crippen LogP contribution in [0.5, 0.6) is 0 Å². The van der Waals surface area contributed by atoms with Crippen molar-refractivity contribution in [2.24, 2.45) is 0 Å². The van der Waals surface area contributed by atoms with E-state index in [0.29, 0.717) is 28.9 Å². The smallest absolute Gasteiger partial charge is 0.165 e. The van der Waals surface area contributed by atoms with Gasteiger partial charge in [-0.05, 0) is 55.3 Å². The minimum Gasteiger partial charge on any atom is -0.383 e. The molecule has 0 aliphatic rings. The zero-order chi connectivity index (χ0) is 20.5. The molecule has 0 radical (unpaired) electrons. The Morgan fingerprint density at radius 3 is 2.52 bits per heavy atom. The van der Waals surface area contributed by atoms with Crippen LogP contribution in [-0.4, -0.2) is 38.2 Å². The zero-order valence-electron chi connectivity index (χ0n) is 16.3. The summed E-state index contributed by atoms with van der Waals surface area (Å²) in [6.07, 6.45) is 1.42. The summed E-state index contributed by atoms with van der Waals surface area (Å²) in [6, 6.07) is 14.1. The second-order valence-corrected chi connectivity index (χ2v) is 7.92. The quantitative estimate of drug-likeness (QED) is 0.494. The summed E-state index contributed by atoms with van der Waals surface area (Å²) in [7, 11) is 1.99. The van der Waals surface area contributed by atoms with Crippen LogP contribution in [0.2, 0.25) is 0 Å². The maximum Gasteiger partial charge on any atom is 0.165 e. The highest BCUT2D eigenvalue weighted by atomic mass is 79.9. The summed E-state index contributed by atoms with van der Waals surface area (Å²) >= 11 is 3.53. The van der Waals surface area contributed by atoms with Gasteiger partial charge >= 0.3 is 0 Å². The van der Waals surface area contributed by atoms with Gasteiger partial charge in [-0.3, -0.25) is 0 Å². The fourth-order valence-corrected chi connectivity index (χ4v) is 3.42. The van der Waals surface area contributed by atoms with Crippen LogP contribution in [0.1, 0.15) is 13.8 Å². The van der Waals surface area contributed by atoms with E-state index in [1.165, 1.54) is 6.33 Å². The predicted molar refractivity (Wildman–Crippen MR) is 119 cm³/mol. The van der Waals surface area contributed by atoms with Gasteiger partial charge in [0.05, 0.1) is 11.1 Å². The number of hydrogen-bond donors (Lipinski definition) is 1. The Hall–Kier alpha value is -3.13. The Morgan fingerprint density at radius 2 is 1.83 bits per heavy atom. The molecule has 4 rings (SSSR count). The first-order valence-electron chi connectivity index (χ1n) is 9.18. The molecule has 29 heavy (non-hydrogen) atoms. The van der Waals surface area contributed by atoms with Crippen molar-refractivity contribution in [3.8, 4) is 22.5 Å². The molecule has 0 saturated carbocycles. The third-order valence-corrected chi connectivity index (χ3v) is 5.31. The second-order valence-electron chi connectivity index (χ2n) is 7.00. The molecule has 0 saturated heterocycles. The molecule has 0 spiro atoms. The van der Waals surface area contributed by atoms with E-state index in [9.17, 15) is 0 Å². The van der Waals surface area contributed by atoms with Gasteiger partial charge in [0, 0.05) is 17.6 Å². The Bertz CT molecular complexity index is 1180. The number of nitrogens with two attached hydrogens (primary N) is 1. The van der Waals surface area contributed by atoms with Gasteiger partial charge in [-0.2, -0.15) is 0 Å². The number of benzene rings is 1. The molecule has 4 aromatic rings. The fraction of sp³-hybridized carbons (Fsp3) is 0.190. The van der Waals surface area contributed by atoms with Gasteiger partial charge in [-0.1, -0.05) is 28.1 Å². The van der Waals surface area contributed by atoms with Crippen molar-refractivity contribution < 1.29 is 0 Å². The molecule has 0 unspecified atom stereocenters. The van der Waals surface area contributed by atoms with Crippen molar-refractivity contribution in [2.75, 3.05) is 17.7 Å². The zero-order valence-corrected chi connectivity index (χ0v) is 17.9. The number of pyridine rings is 1. The van der Waals surface area contributed by atoms with Crippen LogP contribution in [0.25, 0.3) is 33.5 Å². The van der Waals surface area contributed by atoms with Crippen molar-refractivity contribution in [3.05, 3.63) is 53.3 Å². The molecule has 0 atom stereocenters. The van der Waals surface area contributed by atoms with Crippen molar-refractivity contribution >= 4 is 38.6 Å². The number of halogens is 1. The monoisotopic (exact) mass is 449 g/mol. The number of nitrogen functional groups attached to an aromatic ring is 1. The van der Waals surface area contributed by atoms with Gasteiger partial charge in [0.2, 0.25) is 0 Å². The van der Waals surface area contributed by atoms with E-state index in [1.54, 1.807) is 0 Å². The van der Waals surface area contributed by atoms with E-state index in [2.05, 4.69) is 59.8 Å². The van der Waals surface area contributed by atoms with Gasteiger partial charge in [-0.25, -0.2) is 15.0 Å². The van der Waals surface area contributed by atoms with Crippen molar-refractivity contribution in [2.45, 2.75) is 19.9 Å². The Balaban J connectivity index is 1.88. The normalized spacial score (nSPS) is 11.2. The first-order chi connectivity index (χ1) is 13.9. The highest BCUT2D eigenvalue weighted by Gasteiger charge is 2.15. The summed E-state index contributed by atoms with van der Waals surface area (Å²) in [5.74, 6) is 1.20. The maximum atomic E-state index is 6.17. The molecule has 146 valence electrons. The predicted octanol–water partition coefficient (Wildman–Crippen LogP) is 4.34. The molecular weight excluding hydrogens is 430 g/mol. The molecule has 8 heteroatoms. The van der Waals surface area contributed by atoms with Gasteiger partial charge in [-0.15, -0.1) is 10.2 Å². The van der Waals surface area contributed by atoms with E-state index >= 15 is 0 Å². The van der Waals surface area contributed by atoms with Crippen LogP contribution >= 0.6 is 15.9 Å². The summed E-state index contributed by atoms with van der Waals surface area (Å²) in [5, 5.41) is 9.48. The SMILES string of the molecule is CC(C)N(C)c1ccc(-c2cc(-c3cccc(Br)c3)c3c(N)ncnc3n2)nn1. The van der Waals surface area contributed by atoms with E-state index in [-0.39, 0.29) is 0 Å². The molecule has 3 heterocycles. The molecule has 0 fully saturated rings. The summed E-state index contributed by atoms with van der Waals surface area (Å²) in [6.45, 7) is 4.21. The fourth-order valence-electron chi connectivity index (χ4n) is 3.02. The molecule has 0 amide bonds. The van der Waals surface area contributed by atoms with Crippen LogP contribution in [0, 0.1) is 0 Å². The summed E-state index contributed by atoms with van der Waals surface area (Å²) < 4.78 is 0.970. The van der Waals surface area contributed by atoms with Crippen LogP contribution in [-0.2, 0) is 0 Å². The molecular formula is C21H20BrN7.